The Morgan fingerprint density at radius 2 is 1.50 bits per heavy atom. The smallest absolute Gasteiger partial charge is 0.320 e. The van der Waals surface area contributed by atoms with Crippen molar-refractivity contribution in [3.05, 3.63) is 0 Å². The monoisotopic (exact) mass is 235 g/mol. The zero-order valence-corrected chi connectivity index (χ0v) is 9.05. The third-order valence-electron chi connectivity index (χ3n) is 1.45. The molecule has 0 spiro atoms. The molecule has 0 radical (unpaired) electrons. The fraction of sp³-hybridized carbons (Fsp3) is 0.667. The van der Waals surface area contributed by atoms with Crippen LogP contribution in [0.1, 0.15) is 32.6 Å². The van der Waals surface area contributed by atoms with Crippen LogP contribution in [0.5, 0.6) is 0 Å². The Hall–Kier alpha value is -1.63. The van der Waals surface area contributed by atoms with Gasteiger partial charge in [-0.25, -0.2) is 0 Å². The van der Waals surface area contributed by atoms with Crippen LogP contribution in [0, 0.1) is 0 Å². The predicted octanol–water partition coefficient (Wildman–Crippen LogP) is 0.134. The van der Waals surface area contributed by atoms with Crippen LogP contribution in [0.2, 0.25) is 0 Å². The Balaban J connectivity index is 0. The molecule has 0 bridgehead atoms. The van der Waals surface area contributed by atoms with Crippen LogP contribution in [-0.2, 0) is 14.4 Å². The van der Waals surface area contributed by atoms with E-state index >= 15 is 0 Å². The molecule has 0 aliphatic heterocycles. The van der Waals surface area contributed by atoms with E-state index < -0.39 is 23.9 Å². The van der Waals surface area contributed by atoms with E-state index in [4.69, 9.17) is 21.1 Å². The number of hydrogen-bond donors (Lipinski definition) is 4. The van der Waals surface area contributed by atoms with E-state index in [1.54, 1.807) is 0 Å². The third kappa shape index (κ3) is 14.9. The Morgan fingerprint density at radius 1 is 1.06 bits per heavy atom. The van der Waals surface area contributed by atoms with Gasteiger partial charge in [0.25, 0.3) is 0 Å². The molecule has 0 heterocycles. The summed E-state index contributed by atoms with van der Waals surface area (Å²) >= 11 is 0. The van der Waals surface area contributed by atoms with Gasteiger partial charge in [-0.2, -0.15) is 0 Å². The van der Waals surface area contributed by atoms with Crippen LogP contribution < -0.4 is 5.73 Å². The molecule has 0 aliphatic carbocycles. The molecule has 0 rings (SSSR count). The predicted molar refractivity (Wildman–Crippen MR) is 55.0 cm³/mol. The minimum Gasteiger partial charge on any atom is -0.481 e. The van der Waals surface area contributed by atoms with Crippen LogP contribution in [0.4, 0.5) is 0 Å². The molecule has 0 aliphatic rings. The number of carboxylic acids is 3. The lowest BCUT2D eigenvalue weighted by Crippen LogP contribution is -2.30. The molecule has 94 valence electrons. The summed E-state index contributed by atoms with van der Waals surface area (Å²) in [4.78, 5) is 29.5. The number of nitrogens with two attached hydrogens (primary N) is 1. The van der Waals surface area contributed by atoms with Crippen molar-refractivity contribution in [3.63, 3.8) is 0 Å². The Kier molecular flexibility index (Phi) is 10.4. The molecule has 0 saturated carbocycles. The minimum absolute atomic E-state index is 0.0231. The lowest BCUT2D eigenvalue weighted by molar-refractivity contribution is -0.140. The van der Waals surface area contributed by atoms with Crippen molar-refractivity contribution < 1.29 is 29.7 Å². The third-order valence-corrected chi connectivity index (χ3v) is 1.45. The normalized spacial score (nSPS) is 10.9. The van der Waals surface area contributed by atoms with E-state index in [1.165, 1.54) is 0 Å². The highest BCUT2D eigenvalue weighted by Gasteiger charge is 2.12. The van der Waals surface area contributed by atoms with Crippen molar-refractivity contribution in [2.45, 2.75) is 38.6 Å². The summed E-state index contributed by atoms with van der Waals surface area (Å²) < 4.78 is 0. The molecule has 7 heteroatoms. The Morgan fingerprint density at radius 3 is 1.69 bits per heavy atom. The first-order valence-electron chi connectivity index (χ1n) is 4.73. The number of rotatable bonds is 6. The second-order valence-corrected chi connectivity index (χ2v) is 3.02. The largest absolute Gasteiger partial charge is 0.481 e. The molecule has 0 aromatic heterocycles. The van der Waals surface area contributed by atoms with Gasteiger partial charge in [0.05, 0.1) is 0 Å². The van der Waals surface area contributed by atoms with Gasteiger partial charge in [-0.1, -0.05) is 6.92 Å². The van der Waals surface area contributed by atoms with Crippen molar-refractivity contribution >= 4 is 17.9 Å². The SMILES string of the molecule is CCCC(=O)O.N[C@@H](CCC(=O)O)C(=O)O. The lowest BCUT2D eigenvalue weighted by atomic mass is 10.2. The highest BCUT2D eigenvalue weighted by atomic mass is 16.4. The van der Waals surface area contributed by atoms with Gasteiger partial charge in [-0.15, -0.1) is 0 Å². The molecular formula is C9H17NO6. The van der Waals surface area contributed by atoms with E-state index in [2.05, 4.69) is 0 Å². The summed E-state index contributed by atoms with van der Waals surface area (Å²) in [6.07, 6.45) is 0.799. The van der Waals surface area contributed by atoms with Crippen LogP contribution in [0.3, 0.4) is 0 Å². The van der Waals surface area contributed by atoms with Crippen molar-refractivity contribution in [2.75, 3.05) is 0 Å². The first-order chi connectivity index (χ1) is 7.31. The summed E-state index contributed by atoms with van der Waals surface area (Å²) in [5.41, 5.74) is 5.00. The van der Waals surface area contributed by atoms with Crippen LogP contribution in [-0.4, -0.2) is 39.3 Å². The molecule has 0 aromatic carbocycles. The average molecular weight is 235 g/mol. The molecule has 5 N–H and O–H groups in total. The van der Waals surface area contributed by atoms with E-state index in [0.29, 0.717) is 6.42 Å². The summed E-state index contributed by atoms with van der Waals surface area (Å²) in [5.74, 6) is -2.91. The molecule has 0 unspecified atom stereocenters. The summed E-state index contributed by atoms with van der Waals surface area (Å²) in [5, 5.41) is 24.2. The molecular weight excluding hydrogens is 218 g/mol. The fourth-order valence-corrected chi connectivity index (χ4v) is 0.616. The zero-order chi connectivity index (χ0) is 13.1. The van der Waals surface area contributed by atoms with Crippen molar-refractivity contribution in [1.82, 2.24) is 0 Å². The van der Waals surface area contributed by atoms with Gasteiger partial charge < -0.3 is 21.1 Å². The first-order valence-corrected chi connectivity index (χ1v) is 4.73. The maximum atomic E-state index is 9.99. The highest BCUT2D eigenvalue weighted by molar-refractivity contribution is 5.74. The van der Waals surface area contributed by atoms with E-state index in [9.17, 15) is 14.4 Å². The second kappa shape index (κ2) is 9.91. The van der Waals surface area contributed by atoms with Gasteiger partial charge in [0.2, 0.25) is 0 Å². The van der Waals surface area contributed by atoms with Gasteiger partial charge in [-0.05, 0) is 12.8 Å². The molecule has 0 amide bonds. The Labute approximate surface area is 92.9 Å². The van der Waals surface area contributed by atoms with Crippen LogP contribution >= 0.6 is 0 Å². The van der Waals surface area contributed by atoms with E-state index in [0.717, 1.165) is 6.42 Å². The van der Waals surface area contributed by atoms with Crippen LogP contribution in [0.25, 0.3) is 0 Å². The summed E-state index contributed by atoms with van der Waals surface area (Å²) in [6, 6.07) is -1.06. The highest BCUT2D eigenvalue weighted by Crippen LogP contribution is 1.93. The zero-order valence-electron chi connectivity index (χ0n) is 9.05. The number of hydrogen-bond acceptors (Lipinski definition) is 4. The van der Waals surface area contributed by atoms with E-state index in [-0.39, 0.29) is 12.8 Å². The quantitative estimate of drug-likeness (QED) is 0.513. The van der Waals surface area contributed by atoms with E-state index in [1.807, 2.05) is 6.92 Å². The molecule has 0 saturated heterocycles. The standard InChI is InChI=1S/C5H9NO4.C4H8O2/c6-3(5(9)10)1-2-4(7)8;1-2-3-4(5)6/h3H,1-2,6H2,(H,7,8)(H,9,10);2-3H2,1H3,(H,5,6)/t3-;/m0./s1. The first kappa shape index (κ1) is 16.8. The van der Waals surface area contributed by atoms with Gasteiger partial charge in [0, 0.05) is 12.8 Å². The maximum Gasteiger partial charge on any atom is 0.320 e. The number of carboxylic acid groups (broad SMARTS) is 3. The van der Waals surface area contributed by atoms with Gasteiger partial charge in [0.1, 0.15) is 6.04 Å². The summed E-state index contributed by atoms with van der Waals surface area (Å²) in [6.45, 7) is 1.84. The van der Waals surface area contributed by atoms with Gasteiger partial charge in [0.15, 0.2) is 0 Å². The van der Waals surface area contributed by atoms with Crippen molar-refractivity contribution in [1.29, 1.82) is 0 Å². The van der Waals surface area contributed by atoms with Crippen molar-refractivity contribution in [3.8, 4) is 0 Å². The maximum absolute atomic E-state index is 9.99. The molecule has 0 aromatic rings. The fourth-order valence-electron chi connectivity index (χ4n) is 0.616. The van der Waals surface area contributed by atoms with Crippen molar-refractivity contribution in [2.24, 2.45) is 5.73 Å². The number of aliphatic carboxylic acids is 3. The van der Waals surface area contributed by atoms with Gasteiger partial charge in [-0.3, -0.25) is 14.4 Å². The Bertz CT molecular complexity index is 240. The molecule has 1 atom stereocenters. The molecule has 0 fully saturated rings. The molecule has 7 nitrogen and oxygen atoms in total. The second-order valence-electron chi connectivity index (χ2n) is 3.02. The average Bonchev–Trinajstić information content (AvgIpc) is 2.14. The van der Waals surface area contributed by atoms with Gasteiger partial charge >= 0.3 is 17.9 Å². The van der Waals surface area contributed by atoms with Crippen LogP contribution in [0.15, 0.2) is 0 Å². The molecule has 16 heavy (non-hydrogen) atoms. The summed E-state index contributed by atoms with van der Waals surface area (Å²) in [7, 11) is 0. The number of carbonyl (C=O) groups is 3. The minimum atomic E-state index is -1.17. The topological polar surface area (TPSA) is 138 Å². The lowest BCUT2D eigenvalue weighted by Gasteiger charge is -2.01.